The lowest BCUT2D eigenvalue weighted by Crippen LogP contribution is -2.67. The van der Waals surface area contributed by atoms with Crippen LogP contribution in [0.15, 0.2) is 0 Å². The van der Waals surface area contributed by atoms with E-state index in [9.17, 15) is 20.4 Å². The zero-order chi connectivity index (χ0) is 11.9. The molecule has 0 spiro atoms. The van der Waals surface area contributed by atoms with Gasteiger partial charge in [0.15, 0.2) is 0 Å². The standard InChI is InChI=1S/C10H20O5/c1-9(2,3)10(5-11)8(14)7(13)6(12)4-15-10/h6-8,11-14H,4-5H2,1-3H3/t6-,7?,8+,10+/m0/s1. The Bertz CT molecular complexity index is 224. The van der Waals surface area contributed by atoms with E-state index < -0.39 is 35.9 Å². The first-order chi connectivity index (χ1) is 6.76. The summed E-state index contributed by atoms with van der Waals surface area (Å²) in [6, 6.07) is 0. The Morgan fingerprint density at radius 1 is 1.27 bits per heavy atom. The quantitative estimate of drug-likeness (QED) is 0.449. The SMILES string of the molecule is CC(C)(C)[C@]1(CO)OC[C@H](O)C(O)[C@H]1O. The molecule has 1 fully saturated rings. The zero-order valence-electron chi connectivity index (χ0n) is 9.34. The fourth-order valence-electron chi connectivity index (χ4n) is 1.94. The Kier molecular flexibility index (Phi) is 3.42. The van der Waals surface area contributed by atoms with Gasteiger partial charge in [-0.05, 0) is 5.41 Å². The summed E-state index contributed by atoms with van der Waals surface area (Å²) in [5, 5.41) is 38.2. The first kappa shape index (κ1) is 12.9. The number of hydrogen-bond donors (Lipinski definition) is 4. The van der Waals surface area contributed by atoms with Gasteiger partial charge in [0, 0.05) is 0 Å². The Labute approximate surface area is 89.3 Å². The van der Waals surface area contributed by atoms with E-state index in [0.29, 0.717) is 0 Å². The van der Waals surface area contributed by atoms with Gasteiger partial charge in [0.2, 0.25) is 0 Å². The largest absolute Gasteiger partial charge is 0.393 e. The number of aliphatic hydroxyl groups excluding tert-OH is 4. The van der Waals surface area contributed by atoms with Crippen molar-refractivity contribution >= 4 is 0 Å². The fraction of sp³-hybridized carbons (Fsp3) is 1.00. The number of rotatable bonds is 1. The highest BCUT2D eigenvalue weighted by molar-refractivity contribution is 5.04. The summed E-state index contributed by atoms with van der Waals surface area (Å²) in [5.74, 6) is 0. The molecule has 4 atom stereocenters. The molecule has 5 heteroatoms. The van der Waals surface area contributed by atoms with Crippen LogP contribution in [0.2, 0.25) is 0 Å². The van der Waals surface area contributed by atoms with E-state index in [-0.39, 0.29) is 6.61 Å². The van der Waals surface area contributed by atoms with Crippen LogP contribution in [0.3, 0.4) is 0 Å². The van der Waals surface area contributed by atoms with Crippen molar-refractivity contribution in [2.24, 2.45) is 5.41 Å². The van der Waals surface area contributed by atoms with Gasteiger partial charge in [-0.15, -0.1) is 0 Å². The molecule has 5 nitrogen and oxygen atoms in total. The van der Waals surface area contributed by atoms with Crippen molar-refractivity contribution in [2.75, 3.05) is 13.2 Å². The van der Waals surface area contributed by atoms with E-state index in [0.717, 1.165) is 0 Å². The van der Waals surface area contributed by atoms with Gasteiger partial charge >= 0.3 is 0 Å². The van der Waals surface area contributed by atoms with Crippen LogP contribution in [-0.2, 0) is 4.74 Å². The average Bonchev–Trinajstić information content (AvgIpc) is 2.13. The van der Waals surface area contributed by atoms with E-state index >= 15 is 0 Å². The molecule has 4 N–H and O–H groups in total. The maximum Gasteiger partial charge on any atom is 0.124 e. The molecule has 0 aromatic heterocycles. The predicted octanol–water partition coefficient (Wildman–Crippen LogP) is -1.12. The third-order valence-electron chi connectivity index (χ3n) is 3.21. The molecule has 90 valence electrons. The fourth-order valence-corrected chi connectivity index (χ4v) is 1.94. The van der Waals surface area contributed by atoms with Crippen molar-refractivity contribution < 1.29 is 25.2 Å². The normalized spacial score (nSPS) is 43.0. The Morgan fingerprint density at radius 2 is 1.80 bits per heavy atom. The lowest BCUT2D eigenvalue weighted by molar-refractivity contribution is -0.279. The molecular formula is C10H20O5. The van der Waals surface area contributed by atoms with E-state index in [1.807, 2.05) is 0 Å². The van der Waals surface area contributed by atoms with Crippen LogP contribution >= 0.6 is 0 Å². The molecule has 1 unspecified atom stereocenters. The van der Waals surface area contributed by atoms with Crippen LogP contribution in [-0.4, -0.2) is 57.6 Å². The topological polar surface area (TPSA) is 90.2 Å². The maximum atomic E-state index is 9.90. The summed E-state index contributed by atoms with van der Waals surface area (Å²) in [6.07, 6.45) is -3.70. The first-order valence-corrected chi connectivity index (χ1v) is 5.05. The molecule has 0 radical (unpaired) electrons. The van der Waals surface area contributed by atoms with Crippen molar-refractivity contribution in [3.63, 3.8) is 0 Å². The highest BCUT2D eigenvalue weighted by atomic mass is 16.5. The first-order valence-electron chi connectivity index (χ1n) is 5.05. The molecule has 0 aliphatic carbocycles. The summed E-state index contributed by atoms with van der Waals surface area (Å²) in [4.78, 5) is 0. The molecule has 15 heavy (non-hydrogen) atoms. The van der Waals surface area contributed by atoms with Crippen LogP contribution in [0.25, 0.3) is 0 Å². The van der Waals surface area contributed by atoms with Crippen molar-refractivity contribution in [3.05, 3.63) is 0 Å². The van der Waals surface area contributed by atoms with Gasteiger partial charge in [0.25, 0.3) is 0 Å². The van der Waals surface area contributed by atoms with Crippen molar-refractivity contribution in [2.45, 2.75) is 44.7 Å². The van der Waals surface area contributed by atoms with Gasteiger partial charge in [-0.3, -0.25) is 0 Å². The second-order valence-electron chi connectivity index (χ2n) is 5.11. The average molecular weight is 220 g/mol. The van der Waals surface area contributed by atoms with Crippen LogP contribution in [0, 0.1) is 5.41 Å². The second kappa shape index (κ2) is 3.99. The minimum atomic E-state index is -1.30. The molecule has 1 aliphatic rings. The molecule has 0 aromatic rings. The Balaban J connectivity index is 3.01. The summed E-state index contributed by atoms with van der Waals surface area (Å²) in [5.41, 5.74) is -1.77. The van der Waals surface area contributed by atoms with Crippen LogP contribution in [0.1, 0.15) is 20.8 Å². The van der Waals surface area contributed by atoms with Crippen LogP contribution in [0.5, 0.6) is 0 Å². The molecule has 0 amide bonds. The van der Waals surface area contributed by atoms with Gasteiger partial charge in [-0.1, -0.05) is 20.8 Å². The summed E-state index contributed by atoms with van der Waals surface area (Å²) in [6.45, 7) is 4.92. The lowest BCUT2D eigenvalue weighted by Gasteiger charge is -2.51. The molecule has 1 rings (SSSR count). The minimum Gasteiger partial charge on any atom is -0.393 e. The molecule has 0 saturated carbocycles. The van der Waals surface area contributed by atoms with E-state index in [1.165, 1.54) is 0 Å². The summed E-state index contributed by atoms with van der Waals surface area (Å²) >= 11 is 0. The third kappa shape index (κ3) is 1.90. The van der Waals surface area contributed by atoms with Gasteiger partial charge in [-0.2, -0.15) is 0 Å². The van der Waals surface area contributed by atoms with Gasteiger partial charge in [-0.25, -0.2) is 0 Å². The van der Waals surface area contributed by atoms with Crippen molar-refractivity contribution in [1.82, 2.24) is 0 Å². The number of ether oxygens (including phenoxy) is 1. The monoisotopic (exact) mass is 220 g/mol. The molecule has 1 saturated heterocycles. The van der Waals surface area contributed by atoms with Gasteiger partial charge in [0.1, 0.15) is 23.9 Å². The second-order valence-corrected chi connectivity index (χ2v) is 5.11. The van der Waals surface area contributed by atoms with Gasteiger partial charge in [0.05, 0.1) is 13.2 Å². The van der Waals surface area contributed by atoms with Gasteiger partial charge < -0.3 is 25.2 Å². The van der Waals surface area contributed by atoms with E-state index in [1.54, 1.807) is 20.8 Å². The number of aliphatic hydroxyl groups is 4. The molecule has 1 aliphatic heterocycles. The van der Waals surface area contributed by atoms with Crippen molar-refractivity contribution in [1.29, 1.82) is 0 Å². The molecule has 0 aromatic carbocycles. The van der Waals surface area contributed by atoms with Crippen LogP contribution < -0.4 is 0 Å². The highest BCUT2D eigenvalue weighted by Crippen LogP contribution is 2.40. The maximum absolute atomic E-state index is 9.90. The highest BCUT2D eigenvalue weighted by Gasteiger charge is 2.55. The number of hydrogen-bond acceptors (Lipinski definition) is 5. The molecule has 0 bridgehead atoms. The molecular weight excluding hydrogens is 200 g/mol. The Hall–Kier alpha value is -0.200. The third-order valence-corrected chi connectivity index (χ3v) is 3.21. The molecule has 1 heterocycles. The van der Waals surface area contributed by atoms with Crippen LogP contribution in [0.4, 0.5) is 0 Å². The summed E-state index contributed by atoms with van der Waals surface area (Å²) in [7, 11) is 0. The predicted molar refractivity (Wildman–Crippen MR) is 53.2 cm³/mol. The summed E-state index contributed by atoms with van der Waals surface area (Å²) < 4.78 is 5.36. The zero-order valence-corrected chi connectivity index (χ0v) is 9.34. The van der Waals surface area contributed by atoms with E-state index in [4.69, 9.17) is 4.74 Å². The Morgan fingerprint density at radius 3 is 2.20 bits per heavy atom. The lowest BCUT2D eigenvalue weighted by atomic mass is 9.70. The van der Waals surface area contributed by atoms with Crippen molar-refractivity contribution in [3.8, 4) is 0 Å². The smallest absolute Gasteiger partial charge is 0.124 e. The van der Waals surface area contributed by atoms with E-state index in [2.05, 4.69) is 0 Å². The minimum absolute atomic E-state index is 0.0872.